The Bertz CT molecular complexity index is 739. The molecule has 2 heterocycles. The minimum absolute atomic E-state index is 0.0347. The van der Waals surface area contributed by atoms with E-state index in [0.717, 1.165) is 5.39 Å². The molecule has 1 aromatic carbocycles. The lowest BCUT2D eigenvalue weighted by atomic mass is 9.97. The van der Waals surface area contributed by atoms with E-state index in [0.29, 0.717) is 37.3 Å². The number of para-hydroxylation sites is 1. The van der Waals surface area contributed by atoms with Gasteiger partial charge in [-0.3, -0.25) is 14.9 Å². The van der Waals surface area contributed by atoms with Crippen molar-refractivity contribution in [2.24, 2.45) is 5.92 Å². The summed E-state index contributed by atoms with van der Waals surface area (Å²) in [6, 6.07) is 8.77. The van der Waals surface area contributed by atoms with Crippen molar-refractivity contribution in [3.63, 3.8) is 0 Å². The molecule has 2 aromatic rings. The predicted molar refractivity (Wildman–Crippen MR) is 81.0 cm³/mol. The van der Waals surface area contributed by atoms with Gasteiger partial charge in [0.25, 0.3) is 0 Å². The van der Waals surface area contributed by atoms with Crippen LogP contribution >= 0.6 is 0 Å². The maximum absolute atomic E-state index is 11.3. The van der Waals surface area contributed by atoms with E-state index in [-0.39, 0.29) is 11.6 Å². The number of carboxylic acids is 1. The molecule has 0 bridgehead atoms. The lowest BCUT2D eigenvalue weighted by molar-refractivity contribution is -0.384. The summed E-state index contributed by atoms with van der Waals surface area (Å²) in [6.45, 7) is 0.923. The van der Waals surface area contributed by atoms with Crippen molar-refractivity contribution >= 4 is 28.4 Å². The highest BCUT2D eigenvalue weighted by atomic mass is 16.6. The zero-order chi connectivity index (χ0) is 15.7. The summed E-state index contributed by atoms with van der Waals surface area (Å²) in [5.41, 5.74) is 0.663. The number of nitro groups is 1. The molecule has 1 saturated heterocycles. The third-order valence-corrected chi connectivity index (χ3v) is 4.02. The van der Waals surface area contributed by atoms with Gasteiger partial charge >= 0.3 is 11.7 Å². The number of hydrogen-bond acceptors (Lipinski definition) is 5. The van der Waals surface area contributed by atoms with Gasteiger partial charge in [-0.1, -0.05) is 18.2 Å². The Morgan fingerprint density at radius 1 is 1.32 bits per heavy atom. The third kappa shape index (κ3) is 2.57. The average molecular weight is 301 g/mol. The normalized spacial score (nSPS) is 15.9. The van der Waals surface area contributed by atoms with Crippen LogP contribution in [-0.2, 0) is 4.79 Å². The molecule has 0 aliphatic carbocycles. The summed E-state index contributed by atoms with van der Waals surface area (Å²) < 4.78 is 0. The number of fused-ring (bicyclic) bond motifs is 1. The second-order valence-corrected chi connectivity index (χ2v) is 5.38. The molecule has 0 amide bonds. The number of anilines is 1. The van der Waals surface area contributed by atoms with E-state index in [1.54, 1.807) is 6.07 Å². The predicted octanol–water partition coefficient (Wildman–Crippen LogP) is 2.44. The topological polar surface area (TPSA) is 96.6 Å². The summed E-state index contributed by atoms with van der Waals surface area (Å²) >= 11 is 0. The van der Waals surface area contributed by atoms with E-state index in [9.17, 15) is 14.9 Å². The number of aliphatic carboxylic acids is 1. The smallest absolute Gasteiger partial charge is 0.312 e. The van der Waals surface area contributed by atoms with E-state index in [1.165, 1.54) is 6.07 Å². The van der Waals surface area contributed by atoms with E-state index in [1.807, 2.05) is 23.1 Å². The molecule has 22 heavy (non-hydrogen) atoms. The monoisotopic (exact) mass is 301 g/mol. The van der Waals surface area contributed by atoms with Gasteiger partial charge in [0.2, 0.25) is 5.82 Å². The van der Waals surface area contributed by atoms with Gasteiger partial charge in [-0.15, -0.1) is 0 Å². The molecule has 114 valence electrons. The van der Waals surface area contributed by atoms with Crippen LogP contribution in [0.4, 0.5) is 11.5 Å². The summed E-state index contributed by atoms with van der Waals surface area (Å²) in [7, 11) is 0. The Morgan fingerprint density at radius 2 is 2.00 bits per heavy atom. The van der Waals surface area contributed by atoms with Crippen LogP contribution in [0, 0.1) is 16.0 Å². The zero-order valence-electron chi connectivity index (χ0n) is 11.8. The average Bonchev–Trinajstić information content (AvgIpc) is 2.53. The molecule has 1 fully saturated rings. The third-order valence-electron chi connectivity index (χ3n) is 4.02. The number of hydrogen-bond donors (Lipinski definition) is 1. The molecule has 1 aromatic heterocycles. The number of rotatable bonds is 3. The summed E-state index contributed by atoms with van der Waals surface area (Å²) in [4.78, 5) is 28.1. The largest absolute Gasteiger partial charge is 0.481 e. The fourth-order valence-corrected chi connectivity index (χ4v) is 2.80. The van der Waals surface area contributed by atoms with Crippen molar-refractivity contribution in [3.8, 4) is 0 Å². The first-order valence-electron chi connectivity index (χ1n) is 7.08. The van der Waals surface area contributed by atoms with Crippen LogP contribution in [0.15, 0.2) is 30.3 Å². The number of nitrogens with zero attached hydrogens (tertiary/aromatic N) is 3. The van der Waals surface area contributed by atoms with Crippen molar-refractivity contribution in [1.29, 1.82) is 0 Å². The minimum Gasteiger partial charge on any atom is -0.481 e. The first-order valence-corrected chi connectivity index (χ1v) is 7.08. The molecular formula is C15H15N3O4. The number of piperidine rings is 1. The van der Waals surface area contributed by atoms with Crippen LogP contribution in [0.1, 0.15) is 12.8 Å². The second-order valence-electron chi connectivity index (χ2n) is 5.38. The number of carbonyl (C=O) groups is 1. The van der Waals surface area contributed by atoms with Gasteiger partial charge in [-0.2, -0.15) is 0 Å². The summed E-state index contributed by atoms with van der Waals surface area (Å²) in [6.07, 6.45) is 0.946. The van der Waals surface area contributed by atoms with Crippen LogP contribution in [0.5, 0.6) is 0 Å². The van der Waals surface area contributed by atoms with Crippen molar-refractivity contribution < 1.29 is 14.8 Å². The molecule has 0 spiro atoms. The second kappa shape index (κ2) is 5.59. The van der Waals surface area contributed by atoms with Gasteiger partial charge in [0.05, 0.1) is 16.4 Å². The van der Waals surface area contributed by atoms with Crippen molar-refractivity contribution in [3.05, 3.63) is 40.4 Å². The quantitative estimate of drug-likeness (QED) is 0.691. The number of benzene rings is 1. The van der Waals surface area contributed by atoms with Gasteiger partial charge in [0.1, 0.15) is 0 Å². The fraction of sp³-hybridized carbons (Fsp3) is 0.333. The molecule has 1 N–H and O–H groups in total. The SMILES string of the molecule is O=C(O)C1CCN(c2nc3ccccc3cc2[N+](=O)[O-])CC1. The van der Waals surface area contributed by atoms with Gasteiger partial charge in [0, 0.05) is 24.5 Å². The van der Waals surface area contributed by atoms with E-state index >= 15 is 0 Å². The maximum atomic E-state index is 11.3. The van der Waals surface area contributed by atoms with E-state index in [4.69, 9.17) is 5.11 Å². The van der Waals surface area contributed by atoms with Crippen LogP contribution in [0.3, 0.4) is 0 Å². The van der Waals surface area contributed by atoms with Gasteiger partial charge in [-0.25, -0.2) is 4.98 Å². The molecule has 0 unspecified atom stereocenters. The molecule has 0 saturated carbocycles. The van der Waals surface area contributed by atoms with E-state index < -0.39 is 10.9 Å². The van der Waals surface area contributed by atoms with Gasteiger partial charge < -0.3 is 10.0 Å². The van der Waals surface area contributed by atoms with Gasteiger partial charge in [-0.05, 0) is 18.9 Å². The van der Waals surface area contributed by atoms with Crippen LogP contribution in [0.2, 0.25) is 0 Å². The van der Waals surface area contributed by atoms with Crippen molar-refractivity contribution in [1.82, 2.24) is 4.98 Å². The fourth-order valence-electron chi connectivity index (χ4n) is 2.80. The molecule has 0 radical (unpaired) electrons. The maximum Gasteiger partial charge on any atom is 0.312 e. The number of pyridine rings is 1. The summed E-state index contributed by atoms with van der Waals surface area (Å²) in [5.74, 6) is -0.857. The molecular weight excluding hydrogens is 286 g/mol. The molecule has 7 nitrogen and oxygen atoms in total. The Balaban J connectivity index is 1.97. The van der Waals surface area contributed by atoms with E-state index in [2.05, 4.69) is 4.98 Å². The highest BCUT2D eigenvalue weighted by Gasteiger charge is 2.29. The molecule has 3 rings (SSSR count). The summed E-state index contributed by atoms with van der Waals surface area (Å²) in [5, 5.41) is 21.1. The highest BCUT2D eigenvalue weighted by molar-refractivity contribution is 5.84. The Hall–Kier alpha value is -2.70. The Kier molecular flexibility index (Phi) is 3.62. The van der Waals surface area contributed by atoms with Crippen LogP contribution < -0.4 is 4.90 Å². The highest BCUT2D eigenvalue weighted by Crippen LogP contribution is 2.32. The number of carboxylic acid groups (broad SMARTS) is 1. The lowest BCUT2D eigenvalue weighted by Crippen LogP contribution is -2.37. The number of aromatic nitrogens is 1. The standard InChI is InChI=1S/C15H15N3O4/c19-15(20)10-5-7-17(8-6-10)14-13(18(21)22)9-11-3-1-2-4-12(11)16-14/h1-4,9-10H,5-8H2,(H,19,20). The molecule has 0 atom stereocenters. The van der Waals surface area contributed by atoms with Gasteiger partial charge in [0.15, 0.2) is 0 Å². The lowest BCUT2D eigenvalue weighted by Gasteiger charge is -2.30. The first kappa shape index (κ1) is 14.2. The Morgan fingerprint density at radius 3 is 2.64 bits per heavy atom. The minimum atomic E-state index is -0.805. The van der Waals surface area contributed by atoms with Crippen LogP contribution in [0.25, 0.3) is 10.9 Å². The molecule has 1 aliphatic rings. The molecule has 7 heteroatoms. The van der Waals surface area contributed by atoms with Crippen molar-refractivity contribution in [2.75, 3.05) is 18.0 Å². The first-order chi connectivity index (χ1) is 10.6. The van der Waals surface area contributed by atoms with Crippen molar-refractivity contribution in [2.45, 2.75) is 12.8 Å². The Labute approximate surface area is 126 Å². The van der Waals surface area contributed by atoms with Crippen LogP contribution in [-0.4, -0.2) is 34.1 Å². The zero-order valence-corrected chi connectivity index (χ0v) is 11.8. The molecule has 1 aliphatic heterocycles.